The lowest BCUT2D eigenvalue weighted by Gasteiger charge is -2.08. The van der Waals surface area contributed by atoms with Crippen molar-refractivity contribution >= 4 is 5.97 Å². The Morgan fingerprint density at radius 3 is 2.42 bits per heavy atom. The van der Waals surface area contributed by atoms with Gasteiger partial charge in [-0.1, -0.05) is 20.8 Å². The van der Waals surface area contributed by atoms with Crippen LogP contribution in [0.25, 0.3) is 0 Å². The predicted molar refractivity (Wildman–Crippen MR) is 51.2 cm³/mol. The zero-order valence-corrected chi connectivity index (χ0v) is 7.59. The molecule has 3 nitrogen and oxygen atoms in total. The van der Waals surface area contributed by atoms with Gasteiger partial charge in [0.25, 0.3) is 0 Å². The smallest absolute Gasteiger partial charge is 0.320 e. The van der Waals surface area contributed by atoms with Gasteiger partial charge in [0.2, 0.25) is 0 Å². The fourth-order valence-electron chi connectivity index (χ4n) is 0.634. The molecule has 0 aromatic heterocycles. The van der Waals surface area contributed by atoms with Gasteiger partial charge in [-0.2, -0.15) is 0 Å². The molecule has 0 fully saturated rings. The van der Waals surface area contributed by atoms with Gasteiger partial charge in [-0.25, -0.2) is 0 Å². The van der Waals surface area contributed by atoms with Gasteiger partial charge in [-0.05, 0) is 20.5 Å². The molecule has 0 spiro atoms. The Morgan fingerprint density at radius 1 is 1.42 bits per heavy atom. The number of hydrogen-bond acceptors (Lipinski definition) is 3. The highest BCUT2D eigenvalue weighted by atomic mass is 16.5. The number of ether oxygens (including phenoxy) is 1. The molecule has 0 rings (SSSR count). The standard InChI is InChI=1S/C8H17NO2.CH4/c1-4-5-6-11-8(10)7-9(2)3;/h4-7H2,1-3H3;1H4. The van der Waals surface area contributed by atoms with E-state index in [1.54, 1.807) is 4.90 Å². The normalized spacial score (nSPS) is 9.33. The summed E-state index contributed by atoms with van der Waals surface area (Å²) in [6.45, 7) is 3.01. The van der Waals surface area contributed by atoms with E-state index in [1.807, 2.05) is 14.1 Å². The first kappa shape index (κ1) is 14.0. The van der Waals surface area contributed by atoms with Gasteiger partial charge in [-0.15, -0.1) is 0 Å². The third kappa shape index (κ3) is 9.43. The summed E-state index contributed by atoms with van der Waals surface area (Å²) in [7, 11) is 3.70. The highest BCUT2D eigenvalue weighted by Gasteiger charge is 2.02. The minimum absolute atomic E-state index is 0. The fraction of sp³-hybridized carbons (Fsp3) is 0.889. The molecule has 74 valence electrons. The molecule has 0 aliphatic carbocycles. The Bertz CT molecular complexity index is 113. The first-order valence-electron chi connectivity index (χ1n) is 3.97. The molecule has 0 saturated heterocycles. The van der Waals surface area contributed by atoms with E-state index in [2.05, 4.69) is 6.92 Å². The monoisotopic (exact) mass is 175 g/mol. The molecule has 0 atom stereocenters. The molecule has 0 bridgehead atoms. The first-order valence-corrected chi connectivity index (χ1v) is 3.97. The quantitative estimate of drug-likeness (QED) is 0.469. The van der Waals surface area contributed by atoms with Crippen LogP contribution in [0.2, 0.25) is 0 Å². The van der Waals surface area contributed by atoms with Gasteiger partial charge in [0, 0.05) is 0 Å². The lowest BCUT2D eigenvalue weighted by molar-refractivity contribution is -0.144. The van der Waals surface area contributed by atoms with E-state index in [-0.39, 0.29) is 13.4 Å². The largest absolute Gasteiger partial charge is 0.465 e. The molecule has 0 amide bonds. The number of unbranched alkanes of at least 4 members (excludes halogenated alkanes) is 1. The molecule has 0 aromatic carbocycles. The Morgan fingerprint density at radius 2 is 2.00 bits per heavy atom. The van der Waals surface area contributed by atoms with Crippen molar-refractivity contribution in [3.8, 4) is 0 Å². The van der Waals surface area contributed by atoms with E-state index >= 15 is 0 Å². The molecule has 3 heteroatoms. The minimum Gasteiger partial charge on any atom is -0.465 e. The topological polar surface area (TPSA) is 29.5 Å². The van der Waals surface area contributed by atoms with Crippen LogP contribution in [0.5, 0.6) is 0 Å². The van der Waals surface area contributed by atoms with Crippen molar-refractivity contribution in [2.75, 3.05) is 27.2 Å². The zero-order valence-electron chi connectivity index (χ0n) is 7.59. The number of nitrogens with zero attached hydrogens (tertiary/aromatic N) is 1. The van der Waals surface area contributed by atoms with Crippen molar-refractivity contribution in [2.24, 2.45) is 0 Å². The number of rotatable bonds is 5. The second kappa shape index (κ2) is 8.53. The van der Waals surface area contributed by atoms with Gasteiger partial charge >= 0.3 is 5.97 Å². The Balaban J connectivity index is 0. The van der Waals surface area contributed by atoms with Gasteiger partial charge < -0.3 is 4.74 Å². The van der Waals surface area contributed by atoms with Gasteiger partial charge in [0.15, 0.2) is 0 Å². The van der Waals surface area contributed by atoms with Crippen molar-refractivity contribution < 1.29 is 9.53 Å². The number of hydrogen-bond donors (Lipinski definition) is 0. The van der Waals surface area contributed by atoms with E-state index in [9.17, 15) is 4.79 Å². The van der Waals surface area contributed by atoms with Gasteiger partial charge in [-0.3, -0.25) is 9.69 Å². The summed E-state index contributed by atoms with van der Waals surface area (Å²) >= 11 is 0. The summed E-state index contributed by atoms with van der Waals surface area (Å²) in [5.41, 5.74) is 0. The van der Waals surface area contributed by atoms with E-state index in [1.165, 1.54) is 0 Å². The zero-order chi connectivity index (χ0) is 8.69. The highest BCUT2D eigenvalue weighted by molar-refractivity contribution is 5.71. The van der Waals surface area contributed by atoms with E-state index in [0.29, 0.717) is 13.2 Å². The summed E-state index contributed by atoms with van der Waals surface area (Å²) in [5, 5.41) is 0. The second-order valence-electron chi connectivity index (χ2n) is 2.81. The van der Waals surface area contributed by atoms with Crippen molar-refractivity contribution in [2.45, 2.75) is 27.2 Å². The third-order valence-corrected chi connectivity index (χ3v) is 1.21. The fourth-order valence-corrected chi connectivity index (χ4v) is 0.634. The average Bonchev–Trinajstić information content (AvgIpc) is 1.86. The summed E-state index contributed by atoms with van der Waals surface area (Å²) in [6.07, 6.45) is 2.02. The number of likely N-dealkylation sites (N-methyl/N-ethyl adjacent to an activating group) is 1. The Hall–Kier alpha value is -0.570. The Labute approximate surface area is 75.7 Å². The van der Waals surface area contributed by atoms with Crippen LogP contribution < -0.4 is 0 Å². The summed E-state index contributed by atoms with van der Waals surface area (Å²) in [6, 6.07) is 0. The first-order chi connectivity index (χ1) is 5.16. The van der Waals surface area contributed by atoms with Crippen LogP contribution in [0.1, 0.15) is 27.2 Å². The maximum atomic E-state index is 10.9. The van der Waals surface area contributed by atoms with Crippen LogP contribution in [-0.4, -0.2) is 38.1 Å². The summed E-state index contributed by atoms with van der Waals surface area (Å²) in [4.78, 5) is 12.7. The van der Waals surface area contributed by atoms with Crippen molar-refractivity contribution in [1.82, 2.24) is 4.90 Å². The molecule has 0 saturated carbocycles. The van der Waals surface area contributed by atoms with Crippen LogP contribution in [0, 0.1) is 0 Å². The number of esters is 1. The maximum Gasteiger partial charge on any atom is 0.320 e. The molecule has 0 aliphatic heterocycles. The van der Waals surface area contributed by atoms with Crippen molar-refractivity contribution in [1.29, 1.82) is 0 Å². The average molecular weight is 175 g/mol. The van der Waals surface area contributed by atoms with Crippen LogP contribution in [0.3, 0.4) is 0 Å². The molecule has 0 aromatic rings. The lowest BCUT2D eigenvalue weighted by atomic mass is 10.4. The number of carbonyl (C=O) groups is 1. The maximum absolute atomic E-state index is 10.9. The van der Waals surface area contributed by atoms with Crippen LogP contribution in [-0.2, 0) is 9.53 Å². The molecular weight excluding hydrogens is 154 g/mol. The van der Waals surface area contributed by atoms with Crippen molar-refractivity contribution in [3.05, 3.63) is 0 Å². The predicted octanol–water partition coefficient (Wildman–Crippen LogP) is 1.53. The Kier molecular flexibility index (Phi) is 9.93. The molecule has 0 N–H and O–H groups in total. The molecule has 12 heavy (non-hydrogen) atoms. The van der Waals surface area contributed by atoms with Crippen LogP contribution in [0.4, 0.5) is 0 Å². The number of carbonyl (C=O) groups excluding carboxylic acids is 1. The van der Waals surface area contributed by atoms with E-state index < -0.39 is 0 Å². The minimum atomic E-state index is -0.136. The summed E-state index contributed by atoms with van der Waals surface area (Å²) in [5.74, 6) is -0.136. The third-order valence-electron chi connectivity index (χ3n) is 1.21. The van der Waals surface area contributed by atoms with Gasteiger partial charge in [0.05, 0.1) is 13.2 Å². The molecular formula is C9H21NO2. The van der Waals surface area contributed by atoms with Crippen molar-refractivity contribution in [3.63, 3.8) is 0 Å². The molecule has 0 unspecified atom stereocenters. The highest BCUT2D eigenvalue weighted by Crippen LogP contribution is 1.89. The van der Waals surface area contributed by atoms with Gasteiger partial charge in [0.1, 0.15) is 0 Å². The molecule has 0 heterocycles. The second-order valence-corrected chi connectivity index (χ2v) is 2.81. The lowest BCUT2D eigenvalue weighted by Crippen LogP contribution is -2.23. The van der Waals surface area contributed by atoms with E-state index in [4.69, 9.17) is 4.74 Å². The molecule has 0 aliphatic rings. The summed E-state index contributed by atoms with van der Waals surface area (Å²) < 4.78 is 4.91. The van der Waals surface area contributed by atoms with Crippen LogP contribution >= 0.6 is 0 Å². The van der Waals surface area contributed by atoms with Crippen LogP contribution in [0.15, 0.2) is 0 Å². The SMILES string of the molecule is C.CCCCOC(=O)CN(C)C. The van der Waals surface area contributed by atoms with E-state index in [0.717, 1.165) is 12.8 Å². The molecule has 0 radical (unpaired) electrons.